The third kappa shape index (κ3) is 3.95. The highest BCUT2D eigenvalue weighted by molar-refractivity contribution is 6.14. The Balaban J connectivity index is 1.69. The molecule has 0 spiro atoms. The summed E-state index contributed by atoms with van der Waals surface area (Å²) in [4.78, 5) is 16.5. The number of carbonyl (C=O) groups excluding carboxylic acids is 1. The number of hydrogen-bond donors (Lipinski definition) is 1. The van der Waals surface area contributed by atoms with Crippen LogP contribution in [0, 0.1) is 0 Å². The van der Waals surface area contributed by atoms with Crippen LogP contribution in [0.1, 0.15) is 30.0 Å². The Morgan fingerprint density at radius 1 is 0.957 bits per heavy atom. The minimum atomic E-state index is -0.118. The number of rotatable bonds is 5. The molecule has 0 atom stereocenters. The minimum absolute atomic E-state index is 0.118. The average Bonchev–Trinajstić information content (AvgIpc) is 2.94. The van der Waals surface area contributed by atoms with Gasteiger partial charge in [0.15, 0.2) is 0 Å². The highest BCUT2D eigenvalue weighted by Crippen LogP contribution is 2.15. The molecule has 0 aromatic heterocycles. The summed E-state index contributed by atoms with van der Waals surface area (Å²) < 4.78 is 0. The molecule has 0 unspecified atom stereocenters. The van der Waals surface area contributed by atoms with Crippen molar-refractivity contribution in [3.8, 4) is 0 Å². The number of aliphatic imine (C=N–C) groups is 1. The van der Waals surface area contributed by atoms with Crippen molar-refractivity contribution < 1.29 is 4.79 Å². The van der Waals surface area contributed by atoms with E-state index in [4.69, 9.17) is 0 Å². The van der Waals surface area contributed by atoms with Crippen LogP contribution < -0.4 is 5.32 Å². The van der Waals surface area contributed by atoms with Gasteiger partial charge in [-0.1, -0.05) is 61.5 Å². The monoisotopic (exact) mass is 304 g/mol. The second-order valence-electron chi connectivity index (χ2n) is 5.62. The summed E-state index contributed by atoms with van der Waals surface area (Å²) in [5.41, 5.74) is 4.02. The molecule has 23 heavy (non-hydrogen) atoms. The molecule has 1 aliphatic rings. The number of benzene rings is 2. The van der Waals surface area contributed by atoms with Gasteiger partial charge in [-0.3, -0.25) is 4.79 Å². The van der Waals surface area contributed by atoms with Crippen molar-refractivity contribution in [2.75, 3.05) is 0 Å². The van der Waals surface area contributed by atoms with Crippen molar-refractivity contribution in [2.24, 2.45) is 4.99 Å². The molecule has 2 aromatic rings. The van der Waals surface area contributed by atoms with Crippen LogP contribution in [0.4, 0.5) is 0 Å². The van der Waals surface area contributed by atoms with Gasteiger partial charge in [0, 0.05) is 6.42 Å². The number of nitrogens with zero attached hydrogens (tertiary/aromatic N) is 1. The summed E-state index contributed by atoms with van der Waals surface area (Å²) in [5.74, 6) is 0.628. The van der Waals surface area contributed by atoms with Gasteiger partial charge < -0.3 is 5.32 Å². The van der Waals surface area contributed by atoms with Crippen molar-refractivity contribution in [1.29, 1.82) is 0 Å². The maximum atomic E-state index is 12.0. The van der Waals surface area contributed by atoms with E-state index >= 15 is 0 Å². The van der Waals surface area contributed by atoms with Gasteiger partial charge in [-0.15, -0.1) is 0 Å². The summed E-state index contributed by atoms with van der Waals surface area (Å²) in [6.07, 6.45) is 4.46. The van der Waals surface area contributed by atoms with Crippen molar-refractivity contribution in [3.63, 3.8) is 0 Å². The number of aryl methyl sites for hydroxylation is 2. The first-order chi connectivity index (χ1) is 11.2. The number of hydrogen-bond acceptors (Lipinski definition) is 2. The second-order valence-corrected chi connectivity index (χ2v) is 5.62. The highest BCUT2D eigenvalue weighted by atomic mass is 16.2. The zero-order chi connectivity index (χ0) is 16.1. The van der Waals surface area contributed by atoms with Crippen LogP contribution in [0.25, 0.3) is 6.08 Å². The Bertz CT molecular complexity index is 743. The molecule has 0 saturated heterocycles. The van der Waals surface area contributed by atoms with Crippen molar-refractivity contribution >= 4 is 17.8 Å². The third-order valence-corrected chi connectivity index (χ3v) is 3.93. The molecule has 3 heteroatoms. The molecule has 1 heterocycles. The Hall–Kier alpha value is -2.68. The SMILES string of the molecule is CCc1ccc(/C=C2/N=C(CCc3ccccc3)NC2=O)cc1. The van der Waals surface area contributed by atoms with Crippen molar-refractivity contribution in [2.45, 2.75) is 26.2 Å². The van der Waals surface area contributed by atoms with Gasteiger partial charge in [0.1, 0.15) is 11.5 Å². The number of amidine groups is 1. The lowest BCUT2D eigenvalue weighted by Crippen LogP contribution is -2.24. The van der Waals surface area contributed by atoms with Crippen LogP contribution in [-0.4, -0.2) is 11.7 Å². The zero-order valence-electron chi connectivity index (χ0n) is 13.3. The van der Waals surface area contributed by atoms with E-state index in [9.17, 15) is 4.79 Å². The molecule has 116 valence electrons. The van der Waals surface area contributed by atoms with Gasteiger partial charge in [0.2, 0.25) is 0 Å². The van der Waals surface area contributed by atoms with Gasteiger partial charge >= 0.3 is 0 Å². The largest absolute Gasteiger partial charge is 0.309 e. The van der Waals surface area contributed by atoms with Crippen LogP contribution in [0.2, 0.25) is 0 Å². The number of carbonyl (C=O) groups is 1. The fraction of sp³-hybridized carbons (Fsp3) is 0.200. The lowest BCUT2D eigenvalue weighted by molar-refractivity contribution is -0.115. The number of nitrogens with one attached hydrogen (secondary N) is 1. The van der Waals surface area contributed by atoms with Gasteiger partial charge in [0.05, 0.1) is 0 Å². The quantitative estimate of drug-likeness (QED) is 0.840. The average molecular weight is 304 g/mol. The Kier molecular flexibility index (Phi) is 4.67. The summed E-state index contributed by atoms with van der Waals surface area (Å²) in [5, 5.41) is 2.86. The molecule has 1 aliphatic heterocycles. The lowest BCUT2D eigenvalue weighted by Gasteiger charge is -2.00. The van der Waals surface area contributed by atoms with E-state index in [1.165, 1.54) is 11.1 Å². The van der Waals surface area contributed by atoms with Gasteiger partial charge in [-0.25, -0.2) is 4.99 Å². The van der Waals surface area contributed by atoms with E-state index in [2.05, 4.69) is 41.5 Å². The smallest absolute Gasteiger partial charge is 0.275 e. The maximum absolute atomic E-state index is 12.0. The molecular weight excluding hydrogens is 284 g/mol. The third-order valence-electron chi connectivity index (χ3n) is 3.93. The first kappa shape index (κ1) is 15.2. The lowest BCUT2D eigenvalue weighted by atomic mass is 10.1. The maximum Gasteiger partial charge on any atom is 0.275 e. The minimum Gasteiger partial charge on any atom is -0.309 e. The predicted octanol–water partition coefficient (Wildman–Crippen LogP) is 3.75. The topological polar surface area (TPSA) is 41.5 Å². The van der Waals surface area contributed by atoms with Crippen LogP contribution >= 0.6 is 0 Å². The van der Waals surface area contributed by atoms with Crippen LogP contribution in [0.3, 0.4) is 0 Å². The summed E-state index contributed by atoms with van der Waals surface area (Å²) >= 11 is 0. The number of amides is 1. The molecule has 0 radical (unpaired) electrons. The molecule has 1 amide bonds. The van der Waals surface area contributed by atoms with Crippen LogP contribution in [0.15, 0.2) is 65.3 Å². The van der Waals surface area contributed by atoms with Crippen molar-refractivity contribution in [3.05, 3.63) is 77.0 Å². The summed E-state index contributed by atoms with van der Waals surface area (Å²) in [7, 11) is 0. The van der Waals surface area contributed by atoms with E-state index in [0.29, 0.717) is 5.70 Å². The molecule has 0 bridgehead atoms. The van der Waals surface area contributed by atoms with Gasteiger partial charge in [-0.2, -0.15) is 0 Å². The zero-order valence-corrected chi connectivity index (χ0v) is 13.3. The Morgan fingerprint density at radius 2 is 1.70 bits per heavy atom. The molecule has 3 rings (SSSR count). The first-order valence-electron chi connectivity index (χ1n) is 7.98. The molecule has 1 N–H and O–H groups in total. The molecular formula is C20H20N2O. The summed E-state index contributed by atoms with van der Waals surface area (Å²) in [6.45, 7) is 2.13. The second kappa shape index (κ2) is 7.05. The molecule has 0 fully saturated rings. The van der Waals surface area contributed by atoms with E-state index in [-0.39, 0.29) is 5.91 Å². The normalized spacial score (nSPS) is 15.6. The highest BCUT2D eigenvalue weighted by Gasteiger charge is 2.19. The fourth-order valence-corrected chi connectivity index (χ4v) is 2.55. The Morgan fingerprint density at radius 3 is 2.39 bits per heavy atom. The van der Waals surface area contributed by atoms with Crippen LogP contribution in [-0.2, 0) is 17.6 Å². The summed E-state index contributed by atoms with van der Waals surface area (Å²) in [6, 6.07) is 18.4. The molecule has 0 aliphatic carbocycles. The Labute approximate surface area is 136 Å². The molecule has 0 saturated carbocycles. The van der Waals surface area contributed by atoms with E-state index in [1.54, 1.807) is 0 Å². The molecule has 2 aromatic carbocycles. The van der Waals surface area contributed by atoms with Gasteiger partial charge in [-0.05, 0) is 35.6 Å². The predicted molar refractivity (Wildman–Crippen MR) is 94.1 cm³/mol. The molecule has 3 nitrogen and oxygen atoms in total. The van der Waals surface area contributed by atoms with Gasteiger partial charge in [0.25, 0.3) is 5.91 Å². The standard InChI is InChI=1S/C20H20N2O/c1-2-15-8-10-17(11-9-15)14-18-20(23)22-19(21-18)13-12-16-6-4-3-5-7-16/h3-11,14H,2,12-13H2,1H3,(H,21,22,23)/b18-14+. The van der Waals surface area contributed by atoms with E-state index in [1.807, 2.05) is 36.4 Å². The van der Waals surface area contributed by atoms with Crippen molar-refractivity contribution in [1.82, 2.24) is 5.32 Å². The van der Waals surface area contributed by atoms with E-state index in [0.717, 1.165) is 30.7 Å². The van der Waals surface area contributed by atoms with E-state index < -0.39 is 0 Å². The fourth-order valence-electron chi connectivity index (χ4n) is 2.55. The van der Waals surface area contributed by atoms with Crippen LogP contribution in [0.5, 0.6) is 0 Å². The first-order valence-corrected chi connectivity index (χ1v) is 7.98.